The van der Waals surface area contributed by atoms with Gasteiger partial charge in [0.1, 0.15) is 22.3 Å². The first-order valence-corrected chi connectivity index (χ1v) is 10.1. The Hall–Kier alpha value is -3.14. The quantitative estimate of drug-likeness (QED) is 0.535. The lowest BCUT2D eigenvalue weighted by Crippen LogP contribution is -2.41. The number of nitrogens with two attached hydrogens (primary N) is 1. The lowest BCUT2D eigenvalue weighted by atomic mass is 10.1. The Bertz CT molecular complexity index is 993. The van der Waals surface area contributed by atoms with E-state index < -0.39 is 23.0 Å². The molecule has 10 heteroatoms. The van der Waals surface area contributed by atoms with Crippen LogP contribution < -0.4 is 11.1 Å². The van der Waals surface area contributed by atoms with E-state index in [-0.39, 0.29) is 28.4 Å². The third kappa shape index (κ3) is 4.88. The molecular formula is C20H20F2N4O3S. The zero-order chi connectivity index (χ0) is 21.8. The molecular weight excluding hydrogens is 414 g/mol. The SMILES string of the molecule is CC(=O)C=CC(=O)N1CCC(Nc2nc(N)c(C(=O)c3c(F)cccc3F)s2)CC1. The van der Waals surface area contributed by atoms with Crippen LogP contribution >= 0.6 is 11.3 Å². The van der Waals surface area contributed by atoms with Gasteiger partial charge >= 0.3 is 0 Å². The molecule has 1 aliphatic rings. The second kappa shape index (κ2) is 9.12. The molecule has 3 N–H and O–H groups in total. The van der Waals surface area contributed by atoms with Crippen molar-refractivity contribution in [3.05, 3.63) is 52.4 Å². The molecule has 2 aromatic rings. The summed E-state index contributed by atoms with van der Waals surface area (Å²) in [5.74, 6) is -3.29. The molecule has 158 valence electrons. The summed E-state index contributed by atoms with van der Waals surface area (Å²) in [4.78, 5) is 41.2. The Kier molecular flexibility index (Phi) is 6.56. The van der Waals surface area contributed by atoms with Gasteiger partial charge in [0.2, 0.25) is 11.7 Å². The van der Waals surface area contributed by atoms with Gasteiger partial charge in [0.25, 0.3) is 0 Å². The number of hydrogen-bond acceptors (Lipinski definition) is 7. The number of nitrogen functional groups attached to an aromatic ring is 1. The Morgan fingerprint density at radius 1 is 1.20 bits per heavy atom. The van der Waals surface area contributed by atoms with Crippen molar-refractivity contribution in [3.63, 3.8) is 0 Å². The van der Waals surface area contributed by atoms with Crippen LogP contribution in [0.5, 0.6) is 0 Å². The van der Waals surface area contributed by atoms with Crippen LogP contribution in [0, 0.1) is 11.6 Å². The highest BCUT2D eigenvalue weighted by atomic mass is 32.1. The maximum absolute atomic E-state index is 13.9. The highest BCUT2D eigenvalue weighted by Crippen LogP contribution is 2.30. The number of allylic oxidation sites excluding steroid dienone is 1. The van der Waals surface area contributed by atoms with Crippen LogP contribution in [0.3, 0.4) is 0 Å². The summed E-state index contributed by atoms with van der Waals surface area (Å²) < 4.78 is 27.8. The van der Waals surface area contributed by atoms with E-state index in [1.54, 1.807) is 4.90 Å². The predicted octanol–water partition coefficient (Wildman–Crippen LogP) is 2.78. The van der Waals surface area contributed by atoms with Gasteiger partial charge in [-0.3, -0.25) is 14.4 Å². The van der Waals surface area contributed by atoms with Gasteiger partial charge in [0, 0.05) is 25.2 Å². The van der Waals surface area contributed by atoms with E-state index in [4.69, 9.17) is 5.73 Å². The fourth-order valence-corrected chi connectivity index (χ4v) is 4.01. The average Bonchev–Trinajstić information content (AvgIpc) is 3.06. The average molecular weight is 434 g/mol. The van der Waals surface area contributed by atoms with Crippen molar-refractivity contribution in [1.82, 2.24) is 9.88 Å². The zero-order valence-electron chi connectivity index (χ0n) is 16.2. The number of aromatic nitrogens is 1. The molecule has 7 nitrogen and oxygen atoms in total. The first-order chi connectivity index (χ1) is 14.3. The summed E-state index contributed by atoms with van der Waals surface area (Å²) in [6, 6.07) is 3.18. The molecule has 1 aromatic carbocycles. The minimum Gasteiger partial charge on any atom is -0.382 e. The van der Waals surface area contributed by atoms with Crippen LogP contribution in [0.15, 0.2) is 30.4 Å². The number of benzene rings is 1. The van der Waals surface area contributed by atoms with Gasteiger partial charge in [0.15, 0.2) is 10.9 Å². The number of hydrogen-bond donors (Lipinski definition) is 2. The van der Waals surface area contributed by atoms with Crippen molar-refractivity contribution in [2.75, 3.05) is 24.1 Å². The van der Waals surface area contributed by atoms with E-state index in [1.165, 1.54) is 25.1 Å². The summed E-state index contributed by atoms with van der Waals surface area (Å²) >= 11 is 0.933. The number of nitrogens with zero attached hydrogens (tertiary/aromatic N) is 2. The summed E-state index contributed by atoms with van der Waals surface area (Å²) in [7, 11) is 0. The number of likely N-dealkylation sites (tertiary alicyclic amines) is 1. The van der Waals surface area contributed by atoms with Crippen LogP contribution in [0.25, 0.3) is 0 Å². The molecule has 0 saturated carbocycles. The molecule has 0 atom stereocenters. The van der Waals surface area contributed by atoms with Gasteiger partial charge in [0.05, 0.1) is 5.56 Å². The van der Waals surface area contributed by atoms with Gasteiger partial charge in [-0.2, -0.15) is 0 Å². The van der Waals surface area contributed by atoms with Crippen molar-refractivity contribution < 1.29 is 23.2 Å². The van der Waals surface area contributed by atoms with Crippen molar-refractivity contribution in [2.24, 2.45) is 0 Å². The summed E-state index contributed by atoms with van der Waals surface area (Å²) in [5.41, 5.74) is 5.15. The molecule has 3 rings (SSSR count). The van der Waals surface area contributed by atoms with E-state index >= 15 is 0 Å². The third-order valence-electron chi connectivity index (χ3n) is 4.64. The van der Waals surface area contributed by atoms with Crippen LogP contribution in [0.1, 0.15) is 35.0 Å². The van der Waals surface area contributed by atoms with E-state index in [0.29, 0.717) is 31.1 Å². The predicted molar refractivity (Wildman–Crippen MR) is 109 cm³/mol. The molecule has 0 radical (unpaired) electrons. The number of thiazole rings is 1. The molecule has 0 unspecified atom stereocenters. The maximum atomic E-state index is 13.9. The third-order valence-corrected chi connectivity index (χ3v) is 5.65. The molecule has 0 bridgehead atoms. The lowest BCUT2D eigenvalue weighted by Gasteiger charge is -2.31. The molecule has 1 aromatic heterocycles. The largest absolute Gasteiger partial charge is 0.382 e. The lowest BCUT2D eigenvalue weighted by molar-refractivity contribution is -0.127. The molecule has 0 aliphatic carbocycles. The first kappa shape index (κ1) is 21.6. The Morgan fingerprint density at radius 3 is 2.43 bits per heavy atom. The topological polar surface area (TPSA) is 105 Å². The fourth-order valence-electron chi connectivity index (χ4n) is 3.10. The minimum absolute atomic E-state index is 0.00969. The van der Waals surface area contributed by atoms with E-state index in [9.17, 15) is 23.2 Å². The van der Waals surface area contributed by atoms with E-state index in [2.05, 4.69) is 10.3 Å². The maximum Gasteiger partial charge on any atom is 0.246 e. The number of amides is 1. The Balaban J connectivity index is 1.64. The van der Waals surface area contributed by atoms with E-state index in [1.807, 2.05) is 0 Å². The Morgan fingerprint density at radius 2 is 1.83 bits per heavy atom. The number of nitrogens with one attached hydrogen (secondary N) is 1. The van der Waals surface area contributed by atoms with Gasteiger partial charge in [-0.25, -0.2) is 13.8 Å². The number of rotatable bonds is 6. The molecule has 1 aliphatic heterocycles. The fraction of sp³-hybridized carbons (Fsp3) is 0.300. The van der Waals surface area contributed by atoms with Gasteiger partial charge in [-0.15, -0.1) is 0 Å². The zero-order valence-corrected chi connectivity index (χ0v) is 17.0. The molecule has 1 fully saturated rings. The van der Waals surface area contributed by atoms with Gasteiger partial charge in [-0.1, -0.05) is 17.4 Å². The second-order valence-corrected chi connectivity index (χ2v) is 7.85. The number of piperidine rings is 1. The number of carbonyl (C=O) groups excluding carboxylic acids is 3. The minimum atomic E-state index is -0.960. The molecule has 1 amide bonds. The van der Waals surface area contributed by atoms with Crippen molar-refractivity contribution >= 4 is 39.8 Å². The van der Waals surface area contributed by atoms with Crippen LogP contribution in [-0.2, 0) is 9.59 Å². The second-order valence-electron chi connectivity index (χ2n) is 6.85. The number of ketones is 2. The standard InChI is InChI=1S/C20H20F2N4O3S/c1-11(27)5-6-15(28)26-9-7-12(8-10-26)24-20-25-19(23)18(30-20)17(29)16-13(21)3-2-4-14(16)22/h2-6,12H,7-10,23H2,1H3,(H,24,25). The molecule has 0 spiro atoms. The van der Waals surface area contributed by atoms with Crippen LogP contribution in [0.4, 0.5) is 19.7 Å². The van der Waals surface area contributed by atoms with Crippen molar-refractivity contribution in [3.8, 4) is 0 Å². The van der Waals surface area contributed by atoms with Gasteiger partial charge in [-0.05, 0) is 38.0 Å². The monoisotopic (exact) mass is 434 g/mol. The number of carbonyl (C=O) groups is 3. The summed E-state index contributed by atoms with van der Waals surface area (Å²) in [6.07, 6.45) is 3.76. The highest BCUT2D eigenvalue weighted by Gasteiger charge is 2.26. The number of anilines is 2. The smallest absolute Gasteiger partial charge is 0.246 e. The highest BCUT2D eigenvalue weighted by molar-refractivity contribution is 7.18. The van der Waals surface area contributed by atoms with E-state index in [0.717, 1.165) is 23.5 Å². The molecule has 30 heavy (non-hydrogen) atoms. The Labute approximate surface area is 175 Å². The van der Waals surface area contributed by atoms with Crippen molar-refractivity contribution in [1.29, 1.82) is 0 Å². The molecule has 1 saturated heterocycles. The van der Waals surface area contributed by atoms with Crippen molar-refractivity contribution in [2.45, 2.75) is 25.8 Å². The van der Waals surface area contributed by atoms with Crippen LogP contribution in [0.2, 0.25) is 0 Å². The number of halogens is 2. The summed E-state index contributed by atoms with van der Waals surface area (Å²) in [6.45, 7) is 2.36. The normalized spacial score (nSPS) is 14.8. The van der Waals surface area contributed by atoms with Crippen LogP contribution in [-0.4, -0.2) is 46.5 Å². The first-order valence-electron chi connectivity index (χ1n) is 9.25. The summed E-state index contributed by atoms with van der Waals surface area (Å²) in [5, 5.41) is 3.53. The molecule has 2 heterocycles. The van der Waals surface area contributed by atoms with Gasteiger partial charge < -0.3 is 16.0 Å².